The van der Waals surface area contributed by atoms with Gasteiger partial charge in [0.05, 0.1) is 27.8 Å². The average molecular weight is 440 g/mol. The van der Waals surface area contributed by atoms with Crippen molar-refractivity contribution in [1.29, 1.82) is 5.26 Å². The van der Waals surface area contributed by atoms with Crippen molar-refractivity contribution in [3.8, 4) is 22.9 Å². The number of halogens is 5. The van der Waals surface area contributed by atoms with E-state index in [0.717, 1.165) is 22.5 Å². The van der Waals surface area contributed by atoms with Crippen molar-refractivity contribution in [1.82, 2.24) is 9.78 Å². The van der Waals surface area contributed by atoms with Gasteiger partial charge in [0.25, 0.3) is 0 Å². The van der Waals surface area contributed by atoms with Gasteiger partial charge < -0.3 is 4.74 Å². The van der Waals surface area contributed by atoms with E-state index in [4.69, 9.17) is 28.5 Å². The summed E-state index contributed by atoms with van der Waals surface area (Å²) in [6, 6.07) is 11.3. The van der Waals surface area contributed by atoms with E-state index < -0.39 is 12.1 Å². The van der Waals surface area contributed by atoms with Crippen LogP contribution in [0.1, 0.15) is 22.5 Å². The maximum Gasteiger partial charge on any atom is 0.573 e. The first-order chi connectivity index (χ1) is 13.6. The number of nitrogens with zero attached hydrogens (tertiary/aromatic N) is 3. The minimum Gasteiger partial charge on any atom is -0.404 e. The first-order valence-corrected chi connectivity index (χ1v) is 9.13. The van der Waals surface area contributed by atoms with Crippen LogP contribution in [0, 0.1) is 25.2 Å². The number of hydrogen-bond acceptors (Lipinski definition) is 3. The van der Waals surface area contributed by atoms with Crippen LogP contribution in [0.2, 0.25) is 10.0 Å². The third-order valence-electron chi connectivity index (χ3n) is 4.31. The van der Waals surface area contributed by atoms with Gasteiger partial charge in [0, 0.05) is 11.3 Å². The molecule has 0 saturated carbocycles. The lowest BCUT2D eigenvalue weighted by Gasteiger charge is -2.12. The van der Waals surface area contributed by atoms with Crippen LogP contribution in [0.25, 0.3) is 11.1 Å². The lowest BCUT2D eigenvalue weighted by Crippen LogP contribution is -2.17. The summed E-state index contributed by atoms with van der Waals surface area (Å²) < 4.78 is 42.8. The van der Waals surface area contributed by atoms with Crippen LogP contribution in [-0.4, -0.2) is 16.1 Å². The van der Waals surface area contributed by atoms with Crippen molar-refractivity contribution in [2.45, 2.75) is 26.8 Å². The van der Waals surface area contributed by atoms with E-state index in [9.17, 15) is 13.2 Å². The van der Waals surface area contributed by atoms with Crippen LogP contribution in [0.3, 0.4) is 0 Å². The van der Waals surface area contributed by atoms with E-state index in [1.165, 1.54) is 18.2 Å². The molecule has 1 heterocycles. The van der Waals surface area contributed by atoms with Gasteiger partial charge in [-0.25, -0.2) is 0 Å². The standard InChI is InChI=1S/C20H14Cl2F3N3O/c1-11-19(14-4-5-15(9-26)16(21)8-14)12(2)28(27-11)10-13-3-6-18(17(22)7-13)29-20(23,24)25/h3-8H,10H2,1-2H3. The summed E-state index contributed by atoms with van der Waals surface area (Å²) in [7, 11) is 0. The van der Waals surface area contributed by atoms with Crippen molar-refractivity contribution < 1.29 is 17.9 Å². The summed E-state index contributed by atoms with van der Waals surface area (Å²) in [5.74, 6) is -0.454. The Kier molecular flexibility index (Phi) is 5.78. The summed E-state index contributed by atoms with van der Waals surface area (Å²) in [6.07, 6.45) is -4.81. The van der Waals surface area contributed by atoms with Crippen LogP contribution in [0.15, 0.2) is 36.4 Å². The second-order valence-electron chi connectivity index (χ2n) is 6.32. The van der Waals surface area contributed by atoms with Gasteiger partial charge in [0.1, 0.15) is 11.8 Å². The average Bonchev–Trinajstić information content (AvgIpc) is 2.90. The third kappa shape index (κ3) is 4.66. The molecule has 0 fully saturated rings. The lowest BCUT2D eigenvalue weighted by molar-refractivity contribution is -0.274. The quantitative estimate of drug-likeness (QED) is 0.479. The van der Waals surface area contributed by atoms with E-state index >= 15 is 0 Å². The molecule has 0 spiro atoms. The maximum atomic E-state index is 12.4. The zero-order valence-corrected chi connectivity index (χ0v) is 16.8. The zero-order chi connectivity index (χ0) is 21.3. The number of alkyl halides is 3. The molecule has 0 N–H and O–H groups in total. The fourth-order valence-electron chi connectivity index (χ4n) is 3.05. The highest BCUT2D eigenvalue weighted by Gasteiger charge is 2.32. The summed E-state index contributed by atoms with van der Waals surface area (Å²) >= 11 is 12.1. The molecule has 9 heteroatoms. The van der Waals surface area contributed by atoms with Gasteiger partial charge in [-0.2, -0.15) is 10.4 Å². The first-order valence-electron chi connectivity index (χ1n) is 8.37. The van der Waals surface area contributed by atoms with Crippen LogP contribution >= 0.6 is 23.2 Å². The highest BCUT2D eigenvalue weighted by molar-refractivity contribution is 6.32. The Morgan fingerprint density at radius 2 is 1.83 bits per heavy atom. The molecule has 29 heavy (non-hydrogen) atoms. The fourth-order valence-corrected chi connectivity index (χ4v) is 3.52. The van der Waals surface area contributed by atoms with Gasteiger partial charge >= 0.3 is 6.36 Å². The smallest absolute Gasteiger partial charge is 0.404 e. The van der Waals surface area contributed by atoms with E-state index in [2.05, 4.69) is 9.84 Å². The second-order valence-corrected chi connectivity index (χ2v) is 7.14. The zero-order valence-electron chi connectivity index (χ0n) is 15.3. The number of aryl methyl sites for hydroxylation is 1. The normalized spacial score (nSPS) is 11.4. The van der Waals surface area contributed by atoms with Gasteiger partial charge in [-0.1, -0.05) is 35.3 Å². The molecule has 4 nitrogen and oxygen atoms in total. The molecule has 0 bridgehead atoms. The summed E-state index contributed by atoms with van der Waals surface area (Å²) in [6.45, 7) is 4.03. The van der Waals surface area contributed by atoms with Crippen LogP contribution in [0.5, 0.6) is 5.75 Å². The monoisotopic (exact) mass is 439 g/mol. The van der Waals surface area contributed by atoms with Crippen molar-refractivity contribution in [3.05, 3.63) is 69.0 Å². The largest absolute Gasteiger partial charge is 0.573 e. The van der Waals surface area contributed by atoms with Crippen LogP contribution < -0.4 is 4.74 Å². The lowest BCUT2D eigenvalue weighted by atomic mass is 10.0. The highest BCUT2D eigenvalue weighted by Crippen LogP contribution is 2.33. The first kappa shape index (κ1) is 21.0. The number of nitriles is 1. The molecule has 0 unspecified atom stereocenters. The number of hydrogen-bond donors (Lipinski definition) is 0. The molecule has 2 aromatic carbocycles. The molecule has 0 aliphatic carbocycles. The molecular weight excluding hydrogens is 426 g/mol. The second kappa shape index (κ2) is 7.97. The molecule has 0 atom stereocenters. The molecule has 150 valence electrons. The topological polar surface area (TPSA) is 50.8 Å². The van der Waals surface area contributed by atoms with Crippen molar-refractivity contribution in [2.24, 2.45) is 0 Å². The number of benzene rings is 2. The molecule has 0 amide bonds. The molecule has 3 rings (SSSR count). The SMILES string of the molecule is Cc1nn(Cc2ccc(OC(F)(F)F)c(Cl)c2)c(C)c1-c1ccc(C#N)c(Cl)c1. The molecule has 3 aromatic rings. The molecule has 0 aliphatic rings. The van der Waals surface area contributed by atoms with Crippen molar-refractivity contribution in [2.75, 3.05) is 0 Å². The van der Waals surface area contributed by atoms with Crippen molar-refractivity contribution >= 4 is 23.2 Å². The van der Waals surface area contributed by atoms with E-state index in [1.807, 2.05) is 19.9 Å². The summed E-state index contributed by atoms with van der Waals surface area (Å²) in [5, 5.41) is 13.8. The molecule has 1 aromatic heterocycles. The van der Waals surface area contributed by atoms with Gasteiger partial charge in [-0.15, -0.1) is 13.2 Å². The van der Waals surface area contributed by atoms with Crippen LogP contribution in [-0.2, 0) is 6.54 Å². The number of aromatic nitrogens is 2. The van der Waals surface area contributed by atoms with Crippen LogP contribution in [0.4, 0.5) is 13.2 Å². The molecule has 0 saturated heterocycles. The molecule has 0 radical (unpaired) electrons. The maximum absolute atomic E-state index is 12.4. The third-order valence-corrected chi connectivity index (χ3v) is 4.92. The van der Waals surface area contributed by atoms with E-state index in [0.29, 0.717) is 22.7 Å². The summed E-state index contributed by atoms with van der Waals surface area (Å²) in [4.78, 5) is 0. The number of ether oxygens (including phenoxy) is 1. The fraction of sp³-hybridized carbons (Fsp3) is 0.200. The van der Waals surface area contributed by atoms with Gasteiger partial charge in [0.2, 0.25) is 0 Å². The predicted octanol–water partition coefficient (Wildman–Crippen LogP) is 6.29. The van der Waals surface area contributed by atoms with Gasteiger partial charge in [0.15, 0.2) is 0 Å². The molecule has 0 aliphatic heterocycles. The minimum atomic E-state index is -4.81. The Balaban J connectivity index is 1.90. The van der Waals surface area contributed by atoms with E-state index in [1.54, 1.807) is 22.9 Å². The summed E-state index contributed by atoms with van der Waals surface area (Å²) in [5.41, 5.74) is 4.34. The predicted molar refractivity (Wildman–Crippen MR) is 104 cm³/mol. The van der Waals surface area contributed by atoms with Crippen molar-refractivity contribution in [3.63, 3.8) is 0 Å². The Bertz CT molecular complexity index is 1120. The van der Waals surface area contributed by atoms with Gasteiger partial charge in [-0.05, 0) is 49.2 Å². The van der Waals surface area contributed by atoms with E-state index in [-0.39, 0.29) is 5.02 Å². The minimum absolute atomic E-state index is 0.138. The Hall–Kier alpha value is -2.69. The highest BCUT2D eigenvalue weighted by atomic mass is 35.5. The molecular formula is C20H14Cl2F3N3O. The Morgan fingerprint density at radius 3 is 2.41 bits per heavy atom. The van der Waals surface area contributed by atoms with Gasteiger partial charge in [-0.3, -0.25) is 4.68 Å². The Labute approximate surface area is 175 Å². The number of rotatable bonds is 4. The Morgan fingerprint density at radius 1 is 1.10 bits per heavy atom.